The molecular weight excluding hydrogens is 256 g/mol. The monoisotopic (exact) mass is 276 g/mol. The molecule has 0 aromatic rings. The Morgan fingerprint density at radius 1 is 0.950 bits per heavy atom. The second-order valence-corrected chi connectivity index (χ2v) is 7.11. The van der Waals surface area contributed by atoms with Gasteiger partial charge in [-0.2, -0.15) is 0 Å². The Balaban J connectivity index is 1.72. The van der Waals surface area contributed by atoms with Crippen LogP contribution in [0, 0.1) is 17.8 Å². The minimum Gasteiger partial charge on any atom is -0.263 e. The minimum absolute atomic E-state index is 0.284. The first-order chi connectivity index (χ1) is 9.54. The Morgan fingerprint density at radius 2 is 1.45 bits per heavy atom. The second kappa shape index (κ2) is 3.83. The zero-order valence-corrected chi connectivity index (χ0v) is 11.8. The fourth-order valence-electron chi connectivity index (χ4n) is 5.54. The number of imide groups is 2. The average molecular weight is 276 g/mol. The molecule has 4 amide bonds. The number of likely N-dealkylation sites (N-methyl/N-ethyl adjacent to an activating group) is 1. The van der Waals surface area contributed by atoms with Crippen molar-refractivity contribution in [3.05, 3.63) is 0 Å². The summed E-state index contributed by atoms with van der Waals surface area (Å²) in [7, 11) is 0. The van der Waals surface area contributed by atoms with Gasteiger partial charge in [-0.3, -0.25) is 14.5 Å². The van der Waals surface area contributed by atoms with E-state index in [4.69, 9.17) is 0 Å². The molecule has 0 aromatic heterocycles. The highest BCUT2D eigenvalue weighted by Gasteiger charge is 2.60. The van der Waals surface area contributed by atoms with E-state index in [2.05, 4.69) is 0 Å². The maximum atomic E-state index is 12.5. The van der Waals surface area contributed by atoms with E-state index in [0.717, 1.165) is 24.2 Å². The van der Waals surface area contributed by atoms with Crippen LogP contribution in [0.4, 0.5) is 4.79 Å². The van der Waals surface area contributed by atoms with Gasteiger partial charge in [0.1, 0.15) is 0 Å². The minimum atomic E-state index is -0.631. The van der Waals surface area contributed by atoms with Crippen LogP contribution in [0.25, 0.3) is 0 Å². The highest BCUT2D eigenvalue weighted by atomic mass is 16.2. The molecule has 0 spiro atoms. The van der Waals surface area contributed by atoms with Crippen molar-refractivity contribution in [2.24, 2.45) is 17.8 Å². The van der Waals surface area contributed by atoms with Gasteiger partial charge in [0.25, 0.3) is 0 Å². The number of carbonyl (C=O) groups excluding carboxylic acids is 3. The SMILES string of the molecule is CCN1C(=O)C(=O)N(C23CC4CC(CC(C4)C2)C3)C1=O. The smallest absolute Gasteiger partial charge is 0.263 e. The van der Waals surface area contributed by atoms with Crippen LogP contribution in [0.3, 0.4) is 0 Å². The highest BCUT2D eigenvalue weighted by Crippen LogP contribution is 2.58. The molecule has 5 nitrogen and oxygen atoms in total. The summed E-state index contributed by atoms with van der Waals surface area (Å²) in [6.45, 7) is 2.03. The normalized spacial score (nSPS) is 43.0. The fraction of sp³-hybridized carbons (Fsp3) is 0.800. The number of amides is 4. The lowest BCUT2D eigenvalue weighted by atomic mass is 9.52. The van der Waals surface area contributed by atoms with Gasteiger partial charge < -0.3 is 0 Å². The predicted molar refractivity (Wildman–Crippen MR) is 70.5 cm³/mol. The average Bonchev–Trinajstić information content (AvgIpc) is 2.58. The first-order valence-electron chi connectivity index (χ1n) is 7.74. The van der Waals surface area contributed by atoms with Crippen LogP contribution in [0.15, 0.2) is 0 Å². The molecule has 5 heteroatoms. The number of carbonyl (C=O) groups is 3. The molecule has 1 heterocycles. The largest absolute Gasteiger partial charge is 0.334 e. The van der Waals surface area contributed by atoms with Crippen LogP contribution in [-0.2, 0) is 9.59 Å². The Morgan fingerprint density at radius 3 is 1.85 bits per heavy atom. The van der Waals surface area contributed by atoms with E-state index < -0.39 is 11.8 Å². The Kier molecular flexibility index (Phi) is 2.37. The summed E-state index contributed by atoms with van der Waals surface area (Å²) in [6.07, 6.45) is 6.51. The first-order valence-corrected chi connectivity index (χ1v) is 7.74. The van der Waals surface area contributed by atoms with E-state index in [1.165, 1.54) is 24.2 Å². The van der Waals surface area contributed by atoms with E-state index >= 15 is 0 Å². The van der Waals surface area contributed by atoms with E-state index in [0.29, 0.717) is 17.8 Å². The molecule has 4 saturated carbocycles. The van der Waals surface area contributed by atoms with Crippen LogP contribution in [-0.4, -0.2) is 39.7 Å². The van der Waals surface area contributed by atoms with Crippen LogP contribution >= 0.6 is 0 Å². The van der Waals surface area contributed by atoms with Gasteiger partial charge in [0.2, 0.25) is 0 Å². The van der Waals surface area contributed by atoms with Crippen molar-refractivity contribution in [2.45, 2.75) is 51.0 Å². The molecule has 20 heavy (non-hydrogen) atoms. The van der Waals surface area contributed by atoms with Crippen molar-refractivity contribution in [3.8, 4) is 0 Å². The van der Waals surface area contributed by atoms with E-state index in [-0.39, 0.29) is 18.1 Å². The topological polar surface area (TPSA) is 57.7 Å². The number of urea groups is 1. The van der Waals surface area contributed by atoms with Crippen molar-refractivity contribution in [1.29, 1.82) is 0 Å². The zero-order valence-electron chi connectivity index (χ0n) is 11.8. The lowest BCUT2D eigenvalue weighted by Gasteiger charge is -2.58. The fourth-order valence-corrected chi connectivity index (χ4v) is 5.54. The summed E-state index contributed by atoms with van der Waals surface area (Å²) in [4.78, 5) is 39.2. The summed E-state index contributed by atoms with van der Waals surface area (Å²) < 4.78 is 0. The Labute approximate surface area is 118 Å². The van der Waals surface area contributed by atoms with Crippen LogP contribution in [0.5, 0.6) is 0 Å². The third kappa shape index (κ3) is 1.41. The van der Waals surface area contributed by atoms with Gasteiger partial charge in [0, 0.05) is 6.54 Å². The van der Waals surface area contributed by atoms with Gasteiger partial charge in [0.05, 0.1) is 5.54 Å². The predicted octanol–water partition coefficient (Wildman–Crippen LogP) is 1.77. The van der Waals surface area contributed by atoms with Crippen molar-refractivity contribution >= 4 is 17.8 Å². The molecule has 4 aliphatic carbocycles. The van der Waals surface area contributed by atoms with E-state index in [1.54, 1.807) is 6.92 Å². The van der Waals surface area contributed by atoms with E-state index in [9.17, 15) is 14.4 Å². The lowest BCUT2D eigenvalue weighted by molar-refractivity contribution is -0.150. The summed E-state index contributed by atoms with van der Waals surface area (Å²) in [5, 5.41) is 0. The third-order valence-electron chi connectivity index (χ3n) is 5.85. The van der Waals surface area contributed by atoms with Gasteiger partial charge in [-0.1, -0.05) is 0 Å². The molecule has 0 aromatic carbocycles. The maximum absolute atomic E-state index is 12.5. The lowest BCUT2D eigenvalue weighted by Crippen LogP contribution is -2.61. The summed E-state index contributed by atoms with van der Waals surface area (Å²) in [5.41, 5.74) is -0.345. The highest BCUT2D eigenvalue weighted by molar-refractivity contribution is 6.44. The first kappa shape index (κ1) is 12.4. The maximum Gasteiger partial charge on any atom is 0.334 e. The molecule has 0 unspecified atom stereocenters. The number of nitrogens with zero attached hydrogens (tertiary/aromatic N) is 2. The number of rotatable bonds is 2. The van der Waals surface area contributed by atoms with Crippen LogP contribution < -0.4 is 0 Å². The van der Waals surface area contributed by atoms with Crippen molar-refractivity contribution in [3.63, 3.8) is 0 Å². The quantitative estimate of drug-likeness (QED) is 0.570. The van der Waals surface area contributed by atoms with Gasteiger partial charge in [-0.05, 0) is 63.2 Å². The van der Waals surface area contributed by atoms with Gasteiger partial charge in [0.15, 0.2) is 0 Å². The number of hydrogen-bond donors (Lipinski definition) is 0. The van der Waals surface area contributed by atoms with Crippen LogP contribution in [0.2, 0.25) is 0 Å². The molecule has 0 N–H and O–H groups in total. The summed E-state index contributed by atoms with van der Waals surface area (Å²) >= 11 is 0. The molecule has 0 atom stereocenters. The zero-order chi connectivity index (χ0) is 14.1. The van der Waals surface area contributed by atoms with E-state index in [1.807, 2.05) is 0 Å². The van der Waals surface area contributed by atoms with Crippen LogP contribution in [0.1, 0.15) is 45.4 Å². The molecular formula is C15H20N2O3. The molecule has 5 rings (SSSR count). The molecule has 4 bridgehead atoms. The summed E-state index contributed by atoms with van der Waals surface area (Å²) in [5.74, 6) is 0.722. The Bertz CT molecular complexity index is 478. The molecule has 5 aliphatic rings. The summed E-state index contributed by atoms with van der Waals surface area (Å²) in [6, 6.07) is -0.371. The molecule has 0 radical (unpaired) electrons. The molecule has 1 saturated heterocycles. The molecule has 108 valence electrons. The molecule has 1 aliphatic heterocycles. The van der Waals surface area contributed by atoms with Crippen molar-refractivity contribution in [2.75, 3.05) is 6.54 Å². The van der Waals surface area contributed by atoms with Crippen molar-refractivity contribution in [1.82, 2.24) is 9.80 Å². The van der Waals surface area contributed by atoms with Gasteiger partial charge in [-0.15, -0.1) is 0 Å². The van der Waals surface area contributed by atoms with Crippen molar-refractivity contribution < 1.29 is 14.4 Å². The van der Waals surface area contributed by atoms with Gasteiger partial charge >= 0.3 is 17.8 Å². The second-order valence-electron chi connectivity index (χ2n) is 7.11. The molecule has 5 fully saturated rings. The number of hydrogen-bond acceptors (Lipinski definition) is 3. The third-order valence-corrected chi connectivity index (χ3v) is 5.85. The Hall–Kier alpha value is -1.39. The standard InChI is InChI=1S/C15H20N2O3/c1-2-16-12(18)13(19)17(14(16)20)15-6-9-3-10(7-15)5-11(4-9)8-15/h9-11H,2-8H2,1H3. The van der Waals surface area contributed by atoms with Gasteiger partial charge in [-0.25, -0.2) is 9.69 Å².